The molecule has 2 aromatic rings. The average molecular weight is 353 g/mol. The van der Waals surface area contributed by atoms with Crippen molar-refractivity contribution >= 4 is 44.6 Å². The molecule has 4 nitrogen and oxygen atoms in total. The first-order valence-corrected chi connectivity index (χ1v) is 7.68. The average Bonchev–Trinajstić information content (AvgIpc) is 2.40. The molecule has 0 aliphatic carbocycles. The van der Waals surface area contributed by atoms with Gasteiger partial charge >= 0.3 is 0 Å². The minimum absolute atomic E-state index is 0.0292. The molecule has 0 heterocycles. The van der Waals surface area contributed by atoms with Crippen LogP contribution in [0.1, 0.15) is 0 Å². The molecular formula is C12H8Cl2F2N2O2S. The largest absolute Gasteiger partial charge is 0.394 e. The third-order valence-corrected chi connectivity index (χ3v) is 4.58. The molecule has 0 radical (unpaired) electrons. The van der Waals surface area contributed by atoms with Crippen molar-refractivity contribution < 1.29 is 17.2 Å². The molecule has 0 atom stereocenters. The highest BCUT2D eigenvalue weighted by atomic mass is 35.5. The van der Waals surface area contributed by atoms with E-state index in [4.69, 9.17) is 28.9 Å². The first-order chi connectivity index (χ1) is 9.74. The van der Waals surface area contributed by atoms with Crippen LogP contribution < -0.4 is 10.5 Å². The zero-order valence-electron chi connectivity index (χ0n) is 10.2. The van der Waals surface area contributed by atoms with Crippen molar-refractivity contribution in [3.8, 4) is 0 Å². The summed E-state index contributed by atoms with van der Waals surface area (Å²) in [6.07, 6.45) is 0. The number of hydrogen-bond donors (Lipinski definition) is 2. The number of halogens is 4. The monoisotopic (exact) mass is 352 g/mol. The fraction of sp³-hybridized carbons (Fsp3) is 0. The van der Waals surface area contributed by atoms with E-state index in [9.17, 15) is 17.2 Å². The Balaban J connectivity index is 2.52. The first kappa shape index (κ1) is 15.8. The number of hydrogen-bond acceptors (Lipinski definition) is 3. The molecule has 21 heavy (non-hydrogen) atoms. The zero-order chi connectivity index (χ0) is 15.8. The van der Waals surface area contributed by atoms with Gasteiger partial charge < -0.3 is 5.73 Å². The van der Waals surface area contributed by atoms with E-state index in [0.717, 1.165) is 12.1 Å². The third kappa shape index (κ3) is 3.04. The number of nitrogens with two attached hydrogens (primary N) is 1. The molecule has 0 spiro atoms. The molecule has 0 saturated carbocycles. The first-order valence-electron chi connectivity index (χ1n) is 5.44. The van der Waals surface area contributed by atoms with E-state index < -0.39 is 32.2 Å². The van der Waals surface area contributed by atoms with Gasteiger partial charge in [0.15, 0.2) is 5.82 Å². The summed E-state index contributed by atoms with van der Waals surface area (Å²) in [4.78, 5) is -0.808. The Morgan fingerprint density at radius 2 is 1.62 bits per heavy atom. The predicted octanol–water partition coefficient (Wildman–Crippen LogP) is 3.65. The molecule has 0 unspecified atom stereocenters. The summed E-state index contributed by atoms with van der Waals surface area (Å²) in [5.41, 5.74) is 4.14. The minimum atomic E-state index is -4.37. The van der Waals surface area contributed by atoms with Crippen LogP contribution in [0.5, 0.6) is 0 Å². The molecule has 0 fully saturated rings. The van der Waals surface area contributed by atoms with Gasteiger partial charge in [-0.25, -0.2) is 17.2 Å². The summed E-state index contributed by atoms with van der Waals surface area (Å²) in [6.45, 7) is 0. The summed E-state index contributed by atoms with van der Waals surface area (Å²) in [6, 6.07) is 5.83. The van der Waals surface area contributed by atoms with Crippen LogP contribution in [0.4, 0.5) is 20.2 Å². The maximum absolute atomic E-state index is 13.8. The Labute approximate surface area is 129 Å². The molecule has 0 bridgehead atoms. The lowest BCUT2D eigenvalue weighted by Gasteiger charge is -2.12. The Morgan fingerprint density at radius 1 is 1.05 bits per heavy atom. The molecule has 3 N–H and O–H groups in total. The topological polar surface area (TPSA) is 72.2 Å². The van der Waals surface area contributed by atoms with Gasteiger partial charge in [0, 0.05) is 0 Å². The number of anilines is 2. The lowest BCUT2D eigenvalue weighted by molar-refractivity contribution is 0.557. The molecule has 9 heteroatoms. The predicted molar refractivity (Wildman–Crippen MR) is 78.0 cm³/mol. The van der Waals surface area contributed by atoms with Gasteiger partial charge in [0.1, 0.15) is 16.4 Å². The molecule has 2 rings (SSSR count). The normalized spacial score (nSPS) is 11.4. The van der Waals surface area contributed by atoms with Gasteiger partial charge in [-0.05, 0) is 24.3 Å². The fourth-order valence-corrected chi connectivity index (χ4v) is 3.34. The van der Waals surface area contributed by atoms with Gasteiger partial charge in [-0.3, -0.25) is 4.72 Å². The Hall–Kier alpha value is -1.57. The van der Waals surface area contributed by atoms with E-state index in [0.29, 0.717) is 0 Å². The van der Waals surface area contributed by atoms with Gasteiger partial charge in [0.05, 0.1) is 15.7 Å². The lowest BCUT2D eigenvalue weighted by Crippen LogP contribution is -2.16. The second-order valence-corrected chi connectivity index (χ2v) is 6.44. The molecule has 0 amide bonds. The van der Waals surface area contributed by atoms with Gasteiger partial charge in [0.2, 0.25) is 0 Å². The zero-order valence-corrected chi connectivity index (χ0v) is 12.5. The molecule has 0 saturated heterocycles. The number of para-hydroxylation sites is 1. The summed E-state index contributed by atoms with van der Waals surface area (Å²) in [5, 5.41) is 0.0585. The van der Waals surface area contributed by atoms with Crippen molar-refractivity contribution in [3.05, 3.63) is 52.0 Å². The van der Waals surface area contributed by atoms with Gasteiger partial charge in [0.25, 0.3) is 10.0 Å². The number of nitrogen functional groups attached to an aromatic ring is 1. The van der Waals surface area contributed by atoms with E-state index in [1.165, 1.54) is 18.2 Å². The number of nitrogens with one attached hydrogen (secondary N) is 1. The quantitative estimate of drug-likeness (QED) is 0.828. The van der Waals surface area contributed by atoms with Crippen LogP contribution in [0, 0.1) is 11.6 Å². The van der Waals surface area contributed by atoms with E-state index >= 15 is 0 Å². The van der Waals surface area contributed by atoms with Crippen LogP contribution in [0.25, 0.3) is 0 Å². The van der Waals surface area contributed by atoms with Crippen molar-refractivity contribution in [3.63, 3.8) is 0 Å². The van der Waals surface area contributed by atoms with Crippen LogP contribution >= 0.6 is 23.2 Å². The smallest absolute Gasteiger partial charge is 0.264 e. The molecule has 0 aliphatic rings. The number of rotatable bonds is 3. The third-order valence-electron chi connectivity index (χ3n) is 2.58. The van der Waals surface area contributed by atoms with Crippen molar-refractivity contribution in [2.75, 3.05) is 10.5 Å². The fourth-order valence-electron chi connectivity index (χ4n) is 1.54. The minimum Gasteiger partial charge on any atom is -0.394 e. The van der Waals surface area contributed by atoms with E-state index in [1.807, 2.05) is 4.72 Å². The van der Waals surface area contributed by atoms with Gasteiger partial charge in [-0.15, -0.1) is 0 Å². The number of benzene rings is 2. The Morgan fingerprint density at radius 3 is 2.19 bits per heavy atom. The molecule has 2 aromatic carbocycles. The van der Waals surface area contributed by atoms with Gasteiger partial charge in [-0.1, -0.05) is 29.3 Å². The van der Waals surface area contributed by atoms with Crippen LogP contribution in [-0.2, 0) is 10.0 Å². The van der Waals surface area contributed by atoms with E-state index in [-0.39, 0.29) is 15.7 Å². The Kier molecular flexibility index (Phi) is 4.27. The van der Waals surface area contributed by atoms with Crippen molar-refractivity contribution in [2.24, 2.45) is 0 Å². The second-order valence-electron chi connectivity index (χ2n) is 3.98. The SMILES string of the molecule is Nc1c(F)ccc(S(=O)(=O)Nc2c(Cl)cccc2Cl)c1F. The maximum Gasteiger partial charge on any atom is 0.264 e. The molecule has 112 valence electrons. The highest BCUT2D eigenvalue weighted by Gasteiger charge is 2.24. The number of sulfonamides is 1. The van der Waals surface area contributed by atoms with Crippen LogP contribution in [0.3, 0.4) is 0 Å². The van der Waals surface area contributed by atoms with Crippen molar-refractivity contribution in [1.82, 2.24) is 0 Å². The highest BCUT2D eigenvalue weighted by molar-refractivity contribution is 7.92. The van der Waals surface area contributed by atoms with Crippen LogP contribution in [0.2, 0.25) is 10.0 Å². The highest BCUT2D eigenvalue weighted by Crippen LogP contribution is 2.33. The summed E-state index contributed by atoms with van der Waals surface area (Å²) in [7, 11) is -4.37. The van der Waals surface area contributed by atoms with Crippen LogP contribution in [-0.4, -0.2) is 8.42 Å². The standard InChI is InChI=1S/C12H8Cl2F2N2O2S/c13-6-2-1-3-7(14)12(6)18-21(19,20)9-5-4-8(15)11(17)10(9)16/h1-5,18H,17H2. The lowest BCUT2D eigenvalue weighted by atomic mass is 10.3. The van der Waals surface area contributed by atoms with E-state index in [2.05, 4.69) is 0 Å². The maximum atomic E-state index is 13.8. The summed E-state index contributed by atoms with van der Waals surface area (Å²) < 4.78 is 53.2. The van der Waals surface area contributed by atoms with E-state index in [1.54, 1.807) is 0 Å². The van der Waals surface area contributed by atoms with Crippen molar-refractivity contribution in [2.45, 2.75) is 4.90 Å². The molecule has 0 aromatic heterocycles. The van der Waals surface area contributed by atoms with Crippen molar-refractivity contribution in [1.29, 1.82) is 0 Å². The van der Waals surface area contributed by atoms with Gasteiger partial charge in [-0.2, -0.15) is 0 Å². The molecule has 0 aliphatic heterocycles. The second kappa shape index (κ2) is 5.67. The summed E-state index contributed by atoms with van der Waals surface area (Å²) >= 11 is 11.7. The molecular weight excluding hydrogens is 345 g/mol. The Bertz CT molecular complexity index is 793. The summed E-state index contributed by atoms with van der Waals surface area (Å²) in [5.74, 6) is -2.44. The van der Waals surface area contributed by atoms with Crippen LogP contribution in [0.15, 0.2) is 35.2 Å².